The number of imidazole rings is 1. The number of anilines is 1. The summed E-state index contributed by atoms with van der Waals surface area (Å²) in [6, 6.07) is 3.25. The lowest BCUT2D eigenvalue weighted by Gasteiger charge is -2.06. The molecule has 0 fully saturated rings. The number of nitrogens with one attached hydrogen (secondary N) is 2. The Morgan fingerprint density at radius 1 is 1.40 bits per heavy atom. The summed E-state index contributed by atoms with van der Waals surface area (Å²) in [5, 5.41) is 12.8. The van der Waals surface area contributed by atoms with Crippen molar-refractivity contribution in [3.05, 3.63) is 42.5 Å². The van der Waals surface area contributed by atoms with Crippen molar-refractivity contribution in [3.8, 4) is 0 Å². The van der Waals surface area contributed by atoms with Crippen LogP contribution in [-0.2, 0) is 6.54 Å². The van der Waals surface area contributed by atoms with E-state index >= 15 is 0 Å². The van der Waals surface area contributed by atoms with Gasteiger partial charge < -0.3 is 19.5 Å². The van der Waals surface area contributed by atoms with Crippen LogP contribution in [0.25, 0.3) is 5.65 Å². The number of carbonyl (C=O) groups excluding carboxylic acids is 1. The van der Waals surface area contributed by atoms with Gasteiger partial charge >= 0.3 is 6.03 Å². The Balaban J connectivity index is 1.60. The Morgan fingerprint density at radius 3 is 3.10 bits per heavy atom. The SMILES string of the molecule is Cc1nnc(CNC(=O)Nc2ccc3nccn3c2)o1. The minimum Gasteiger partial charge on any atom is -0.424 e. The first-order valence-corrected chi connectivity index (χ1v) is 5.97. The standard InChI is InChI=1S/C12H12N6O2/c1-8-16-17-11(20-8)6-14-12(19)15-9-2-3-10-13-4-5-18(10)7-9/h2-5,7H,6H2,1H3,(H2,14,15,19). The number of urea groups is 1. The third-order valence-corrected chi connectivity index (χ3v) is 2.61. The largest absolute Gasteiger partial charge is 0.424 e. The number of aryl methyl sites for hydroxylation is 1. The van der Waals surface area contributed by atoms with Crippen LogP contribution in [0.2, 0.25) is 0 Å². The van der Waals surface area contributed by atoms with Crippen LogP contribution >= 0.6 is 0 Å². The van der Waals surface area contributed by atoms with Gasteiger partial charge in [-0.05, 0) is 12.1 Å². The molecule has 2 N–H and O–H groups in total. The number of aromatic nitrogens is 4. The Hall–Kier alpha value is -2.90. The van der Waals surface area contributed by atoms with Crippen LogP contribution in [0.5, 0.6) is 0 Å². The summed E-state index contributed by atoms with van der Waals surface area (Å²) in [5.41, 5.74) is 1.48. The second-order valence-electron chi connectivity index (χ2n) is 4.13. The zero-order valence-electron chi connectivity index (χ0n) is 10.7. The van der Waals surface area contributed by atoms with Gasteiger partial charge in [0.05, 0.1) is 12.2 Å². The highest BCUT2D eigenvalue weighted by atomic mass is 16.4. The van der Waals surface area contributed by atoms with Gasteiger partial charge in [-0.3, -0.25) is 0 Å². The van der Waals surface area contributed by atoms with Crippen molar-refractivity contribution in [3.63, 3.8) is 0 Å². The van der Waals surface area contributed by atoms with E-state index in [2.05, 4.69) is 25.8 Å². The molecule has 3 rings (SSSR count). The molecule has 0 saturated carbocycles. The highest BCUT2D eigenvalue weighted by Gasteiger charge is 2.06. The minimum absolute atomic E-state index is 0.181. The molecular weight excluding hydrogens is 260 g/mol. The van der Waals surface area contributed by atoms with Crippen molar-refractivity contribution < 1.29 is 9.21 Å². The molecule has 8 nitrogen and oxygen atoms in total. The maximum atomic E-state index is 11.7. The average Bonchev–Trinajstić information content (AvgIpc) is 3.04. The van der Waals surface area contributed by atoms with E-state index in [0.717, 1.165) is 5.65 Å². The van der Waals surface area contributed by atoms with E-state index < -0.39 is 0 Å². The average molecular weight is 272 g/mol. The van der Waals surface area contributed by atoms with Gasteiger partial charge in [0.2, 0.25) is 11.8 Å². The lowest BCUT2D eigenvalue weighted by Crippen LogP contribution is -2.28. The number of pyridine rings is 1. The molecule has 0 radical (unpaired) electrons. The Kier molecular flexibility index (Phi) is 3.04. The first-order chi connectivity index (χ1) is 9.70. The lowest BCUT2D eigenvalue weighted by molar-refractivity contribution is 0.250. The van der Waals surface area contributed by atoms with Crippen molar-refractivity contribution in [2.45, 2.75) is 13.5 Å². The normalized spacial score (nSPS) is 10.7. The van der Waals surface area contributed by atoms with Crippen molar-refractivity contribution in [1.82, 2.24) is 24.9 Å². The van der Waals surface area contributed by atoms with E-state index in [9.17, 15) is 4.79 Å². The molecule has 20 heavy (non-hydrogen) atoms. The maximum absolute atomic E-state index is 11.7. The summed E-state index contributed by atoms with van der Waals surface area (Å²) in [4.78, 5) is 15.9. The summed E-state index contributed by atoms with van der Waals surface area (Å²) in [5.74, 6) is 0.829. The maximum Gasteiger partial charge on any atom is 0.319 e. The van der Waals surface area contributed by atoms with Crippen LogP contribution in [0.15, 0.2) is 35.1 Å². The smallest absolute Gasteiger partial charge is 0.319 e. The van der Waals surface area contributed by atoms with Crippen LogP contribution in [0, 0.1) is 6.92 Å². The van der Waals surface area contributed by atoms with E-state index in [1.807, 2.05) is 10.5 Å². The van der Waals surface area contributed by atoms with Crippen LogP contribution in [-0.4, -0.2) is 25.6 Å². The van der Waals surface area contributed by atoms with E-state index in [1.54, 1.807) is 31.6 Å². The zero-order chi connectivity index (χ0) is 13.9. The highest BCUT2D eigenvalue weighted by molar-refractivity contribution is 5.89. The molecule has 3 aromatic heterocycles. The molecule has 8 heteroatoms. The first-order valence-electron chi connectivity index (χ1n) is 5.97. The number of rotatable bonds is 3. The molecule has 0 unspecified atom stereocenters. The quantitative estimate of drug-likeness (QED) is 0.750. The summed E-state index contributed by atoms with van der Waals surface area (Å²) in [6.45, 7) is 1.87. The molecule has 3 heterocycles. The molecule has 0 saturated heterocycles. The van der Waals surface area contributed by atoms with Gasteiger partial charge in [0.1, 0.15) is 5.65 Å². The van der Waals surface area contributed by atoms with Crippen LogP contribution in [0.3, 0.4) is 0 Å². The van der Waals surface area contributed by atoms with Gasteiger partial charge in [-0.15, -0.1) is 10.2 Å². The Labute approximate surface area is 113 Å². The third kappa shape index (κ3) is 2.58. The molecular formula is C12H12N6O2. The molecule has 0 spiro atoms. The van der Waals surface area contributed by atoms with E-state index in [-0.39, 0.29) is 12.6 Å². The van der Waals surface area contributed by atoms with Crippen molar-refractivity contribution in [2.75, 3.05) is 5.32 Å². The minimum atomic E-state index is -0.347. The number of fused-ring (bicyclic) bond motifs is 1. The Bertz CT molecular complexity index is 747. The molecule has 0 aromatic carbocycles. The predicted octanol–water partition coefficient (Wildman–Crippen LogP) is 1.35. The number of amides is 2. The van der Waals surface area contributed by atoms with Crippen LogP contribution < -0.4 is 10.6 Å². The monoisotopic (exact) mass is 272 g/mol. The second kappa shape index (κ2) is 5.00. The second-order valence-corrected chi connectivity index (χ2v) is 4.13. The van der Waals surface area contributed by atoms with Crippen molar-refractivity contribution in [1.29, 1.82) is 0 Å². The summed E-state index contributed by atoms with van der Waals surface area (Å²) in [6.07, 6.45) is 5.27. The van der Waals surface area contributed by atoms with Gasteiger partial charge in [0, 0.05) is 25.5 Å². The molecule has 0 aliphatic heterocycles. The Morgan fingerprint density at radius 2 is 2.30 bits per heavy atom. The summed E-state index contributed by atoms with van der Waals surface area (Å²) < 4.78 is 6.97. The number of hydrogen-bond acceptors (Lipinski definition) is 5. The number of nitrogens with zero attached hydrogens (tertiary/aromatic N) is 4. The van der Waals surface area contributed by atoms with Crippen LogP contribution in [0.4, 0.5) is 10.5 Å². The molecule has 2 amide bonds. The molecule has 0 aliphatic carbocycles. The van der Waals surface area contributed by atoms with Crippen molar-refractivity contribution >= 4 is 17.4 Å². The predicted molar refractivity (Wildman–Crippen MR) is 70.1 cm³/mol. The zero-order valence-corrected chi connectivity index (χ0v) is 10.7. The van der Waals surface area contributed by atoms with Gasteiger partial charge in [0.15, 0.2) is 0 Å². The molecule has 102 valence electrons. The molecule has 0 aliphatic rings. The van der Waals surface area contributed by atoms with E-state index in [0.29, 0.717) is 17.5 Å². The van der Waals surface area contributed by atoms with Gasteiger partial charge in [-0.1, -0.05) is 0 Å². The van der Waals surface area contributed by atoms with Gasteiger partial charge in [-0.2, -0.15) is 0 Å². The van der Waals surface area contributed by atoms with E-state index in [4.69, 9.17) is 4.42 Å². The summed E-state index contributed by atoms with van der Waals surface area (Å²) in [7, 11) is 0. The number of carbonyl (C=O) groups is 1. The molecule has 3 aromatic rings. The van der Waals surface area contributed by atoms with E-state index in [1.165, 1.54) is 0 Å². The van der Waals surface area contributed by atoms with Gasteiger partial charge in [0.25, 0.3) is 0 Å². The highest BCUT2D eigenvalue weighted by Crippen LogP contribution is 2.09. The number of hydrogen-bond donors (Lipinski definition) is 2. The van der Waals surface area contributed by atoms with Crippen molar-refractivity contribution in [2.24, 2.45) is 0 Å². The van der Waals surface area contributed by atoms with Crippen LogP contribution in [0.1, 0.15) is 11.8 Å². The molecule has 0 atom stereocenters. The van der Waals surface area contributed by atoms with Gasteiger partial charge in [-0.25, -0.2) is 9.78 Å². The third-order valence-electron chi connectivity index (χ3n) is 2.61. The fourth-order valence-corrected chi connectivity index (χ4v) is 1.73. The first kappa shape index (κ1) is 12.2. The fraction of sp³-hybridized carbons (Fsp3) is 0.167. The fourth-order valence-electron chi connectivity index (χ4n) is 1.73. The topological polar surface area (TPSA) is 97.3 Å². The molecule has 0 bridgehead atoms. The summed E-state index contributed by atoms with van der Waals surface area (Å²) >= 11 is 0. The lowest BCUT2D eigenvalue weighted by atomic mass is 10.4.